The molecule has 3 aromatic rings. The number of hydrogen-bond donors (Lipinski definition) is 1. The lowest BCUT2D eigenvalue weighted by Gasteiger charge is -2.29. The molecule has 134 valence electrons. The van der Waals surface area contributed by atoms with E-state index in [4.69, 9.17) is 14.5 Å². The van der Waals surface area contributed by atoms with Gasteiger partial charge in [-0.05, 0) is 38.5 Å². The van der Waals surface area contributed by atoms with Crippen LogP contribution in [0.25, 0.3) is 11.0 Å². The molecule has 2 aromatic heterocycles. The highest BCUT2D eigenvalue weighted by Crippen LogP contribution is 2.51. The quantitative estimate of drug-likeness (QED) is 0.741. The third-order valence-corrected chi connectivity index (χ3v) is 6.67. The van der Waals surface area contributed by atoms with Crippen molar-refractivity contribution in [2.24, 2.45) is 0 Å². The maximum atomic E-state index is 5.54. The molecule has 0 radical (unpaired) electrons. The molecule has 6 heteroatoms. The summed E-state index contributed by atoms with van der Waals surface area (Å²) in [7, 11) is 2.20. The fraction of sp³-hybridized carbons (Fsp3) is 0.368. The molecule has 0 aliphatic carbocycles. The van der Waals surface area contributed by atoms with Crippen molar-refractivity contribution in [3.63, 3.8) is 0 Å². The minimum Gasteiger partial charge on any atom is -0.497 e. The molecule has 0 saturated carbocycles. The molecule has 5 nitrogen and oxygen atoms in total. The third kappa shape index (κ3) is 3.31. The number of ether oxygens (including phenoxy) is 2. The van der Waals surface area contributed by atoms with Crippen LogP contribution in [0.3, 0.4) is 0 Å². The Morgan fingerprint density at radius 2 is 1.88 bits per heavy atom. The van der Waals surface area contributed by atoms with E-state index in [0.717, 1.165) is 50.3 Å². The normalized spacial score (nSPS) is 12.4. The molecule has 0 aliphatic heterocycles. The maximum Gasteiger partial charge on any atom is 0.148 e. The summed E-state index contributed by atoms with van der Waals surface area (Å²) in [6.07, 6.45) is 6.41. The molecule has 1 aromatic carbocycles. The maximum absolute atomic E-state index is 5.54. The number of fused-ring (bicyclic) bond motifs is 1. The molecular formula is C19H25N3O2S. The summed E-state index contributed by atoms with van der Waals surface area (Å²) in [6.45, 7) is 4.10. The first-order valence-electron chi connectivity index (χ1n) is 8.09. The van der Waals surface area contributed by atoms with Crippen molar-refractivity contribution < 1.29 is 9.47 Å². The average Bonchev–Trinajstić information content (AvgIpc) is 3.02. The molecular weight excluding hydrogens is 334 g/mol. The van der Waals surface area contributed by atoms with Gasteiger partial charge in [0, 0.05) is 29.1 Å². The van der Waals surface area contributed by atoms with Crippen molar-refractivity contribution in [1.29, 1.82) is 0 Å². The number of rotatable bonds is 5. The summed E-state index contributed by atoms with van der Waals surface area (Å²) < 4.78 is 10.8. The van der Waals surface area contributed by atoms with Crippen LogP contribution in [-0.4, -0.2) is 41.7 Å². The van der Waals surface area contributed by atoms with E-state index in [1.807, 2.05) is 31.3 Å². The van der Waals surface area contributed by atoms with E-state index in [-0.39, 0.29) is 0 Å². The molecule has 0 atom stereocenters. The molecule has 0 saturated heterocycles. The van der Waals surface area contributed by atoms with Gasteiger partial charge in [-0.25, -0.2) is 4.98 Å². The second kappa shape index (κ2) is 6.59. The molecule has 2 heterocycles. The van der Waals surface area contributed by atoms with E-state index in [1.54, 1.807) is 14.2 Å². The fourth-order valence-electron chi connectivity index (χ4n) is 2.98. The van der Waals surface area contributed by atoms with Crippen molar-refractivity contribution in [3.8, 4) is 11.5 Å². The number of H-pyrrole nitrogens is 1. The van der Waals surface area contributed by atoms with Gasteiger partial charge in [-0.1, -0.05) is 0 Å². The van der Waals surface area contributed by atoms with E-state index >= 15 is 0 Å². The van der Waals surface area contributed by atoms with E-state index in [1.165, 1.54) is 0 Å². The van der Waals surface area contributed by atoms with E-state index in [0.29, 0.717) is 0 Å². The Morgan fingerprint density at radius 1 is 1.12 bits per heavy atom. The summed E-state index contributed by atoms with van der Waals surface area (Å²) in [6, 6.07) is 5.91. The van der Waals surface area contributed by atoms with Gasteiger partial charge in [0.1, 0.15) is 16.7 Å². The predicted octanol–water partition coefficient (Wildman–Crippen LogP) is 4.22. The lowest BCUT2D eigenvalue weighted by molar-refractivity contribution is 0.407. The summed E-state index contributed by atoms with van der Waals surface area (Å²) >= 11 is 0. The number of imidazole rings is 1. The van der Waals surface area contributed by atoms with Crippen molar-refractivity contribution in [3.05, 3.63) is 41.2 Å². The highest BCUT2D eigenvalue weighted by Gasteiger charge is 2.23. The number of hydrogen-bond acceptors (Lipinski definition) is 4. The number of nitrogens with zero attached hydrogens (tertiary/aromatic N) is 2. The van der Waals surface area contributed by atoms with E-state index in [9.17, 15) is 0 Å². The first kappa shape index (κ1) is 17.6. The number of aryl methyl sites for hydroxylation is 1. The van der Waals surface area contributed by atoms with Crippen LogP contribution in [-0.2, 0) is 5.75 Å². The average molecular weight is 359 g/mol. The van der Waals surface area contributed by atoms with Gasteiger partial charge in [0.2, 0.25) is 0 Å². The minimum absolute atomic E-state index is 0.830. The smallest absolute Gasteiger partial charge is 0.148 e. The molecule has 0 aliphatic rings. The van der Waals surface area contributed by atoms with Crippen LogP contribution in [0.1, 0.15) is 16.8 Å². The van der Waals surface area contributed by atoms with E-state index < -0.39 is 10.0 Å². The van der Waals surface area contributed by atoms with Gasteiger partial charge >= 0.3 is 0 Å². The number of aromatic amines is 1. The molecule has 0 fully saturated rings. The van der Waals surface area contributed by atoms with Gasteiger partial charge in [-0.15, -0.1) is 0 Å². The monoisotopic (exact) mass is 359 g/mol. The van der Waals surface area contributed by atoms with Gasteiger partial charge in [0.15, 0.2) is 0 Å². The highest BCUT2D eigenvalue weighted by atomic mass is 32.3. The molecule has 0 amide bonds. The number of benzene rings is 1. The lowest BCUT2D eigenvalue weighted by Crippen LogP contribution is -2.07. The van der Waals surface area contributed by atoms with Crippen LogP contribution in [0.4, 0.5) is 0 Å². The lowest BCUT2D eigenvalue weighted by atomic mass is 10.1. The zero-order chi connectivity index (χ0) is 18.2. The van der Waals surface area contributed by atoms with Gasteiger partial charge in [0.05, 0.1) is 30.9 Å². The van der Waals surface area contributed by atoms with Crippen LogP contribution < -0.4 is 9.47 Å². The SMILES string of the molecule is COc1ccc2nc(S(C)(C)Cc3ncc(C)c(OC)c3C)[nH]c2c1. The number of pyridine rings is 1. The summed E-state index contributed by atoms with van der Waals surface area (Å²) in [5, 5.41) is 1.02. The first-order chi connectivity index (χ1) is 11.9. The van der Waals surface area contributed by atoms with Crippen LogP contribution in [0, 0.1) is 13.8 Å². The van der Waals surface area contributed by atoms with Crippen molar-refractivity contribution in [1.82, 2.24) is 15.0 Å². The Balaban J connectivity index is 1.97. The number of methoxy groups -OCH3 is 2. The summed E-state index contributed by atoms with van der Waals surface area (Å²) in [4.78, 5) is 12.9. The standard InChI is InChI=1S/C19H25N3O2S/c1-12-10-20-17(13(2)18(12)24-4)11-25(5,6)19-21-15-8-7-14(23-3)9-16(15)22-19/h7-10H,11H2,1-6H3,(H,21,22). The number of aromatic nitrogens is 3. The molecule has 0 bridgehead atoms. The molecule has 0 unspecified atom stereocenters. The molecule has 3 rings (SSSR count). The summed E-state index contributed by atoms with van der Waals surface area (Å²) in [5.41, 5.74) is 5.21. The minimum atomic E-state index is -1.18. The van der Waals surface area contributed by atoms with E-state index in [2.05, 4.69) is 29.4 Å². The predicted molar refractivity (Wildman–Crippen MR) is 104 cm³/mol. The van der Waals surface area contributed by atoms with Crippen molar-refractivity contribution in [2.45, 2.75) is 24.8 Å². The van der Waals surface area contributed by atoms with Gasteiger partial charge < -0.3 is 14.5 Å². The Hall–Kier alpha value is -2.21. The number of nitrogens with one attached hydrogen (secondary N) is 1. The Morgan fingerprint density at radius 3 is 2.56 bits per heavy atom. The van der Waals surface area contributed by atoms with Crippen LogP contribution in [0.5, 0.6) is 11.5 Å². The van der Waals surface area contributed by atoms with Crippen molar-refractivity contribution in [2.75, 3.05) is 26.7 Å². The van der Waals surface area contributed by atoms with Gasteiger partial charge in [-0.2, -0.15) is 10.0 Å². The second-order valence-electron chi connectivity index (χ2n) is 6.65. The Labute approximate surface area is 150 Å². The van der Waals surface area contributed by atoms with Gasteiger partial charge in [0.25, 0.3) is 0 Å². The Bertz CT molecular complexity index is 918. The van der Waals surface area contributed by atoms with Crippen LogP contribution >= 0.6 is 10.0 Å². The largest absolute Gasteiger partial charge is 0.497 e. The zero-order valence-corrected chi connectivity index (χ0v) is 16.5. The Kier molecular flexibility index (Phi) is 4.64. The molecule has 0 spiro atoms. The van der Waals surface area contributed by atoms with Gasteiger partial charge in [-0.3, -0.25) is 4.98 Å². The molecule has 25 heavy (non-hydrogen) atoms. The van der Waals surface area contributed by atoms with Crippen LogP contribution in [0.15, 0.2) is 29.6 Å². The second-order valence-corrected chi connectivity index (χ2v) is 10.4. The highest BCUT2D eigenvalue weighted by molar-refractivity contribution is 8.31. The fourth-order valence-corrected chi connectivity index (χ4v) is 4.82. The first-order valence-corrected chi connectivity index (χ1v) is 10.7. The van der Waals surface area contributed by atoms with Crippen LogP contribution in [0.2, 0.25) is 0 Å². The zero-order valence-electron chi connectivity index (χ0n) is 15.6. The third-order valence-electron chi connectivity index (χ3n) is 4.44. The topological polar surface area (TPSA) is 60.0 Å². The molecule has 1 N–H and O–H groups in total. The summed E-state index contributed by atoms with van der Waals surface area (Å²) in [5.74, 6) is 2.61. The van der Waals surface area contributed by atoms with Crippen molar-refractivity contribution >= 4 is 21.1 Å².